The normalized spacial score (nSPS) is 8.00. The molecule has 0 aliphatic rings. The molecule has 0 aromatic carbocycles. The molecule has 0 amide bonds. The summed E-state index contributed by atoms with van der Waals surface area (Å²) < 4.78 is 5.16. The summed E-state index contributed by atoms with van der Waals surface area (Å²) in [5, 5.41) is 8.67. The molecule has 1 aromatic rings. The van der Waals surface area contributed by atoms with Crippen LogP contribution in [0.25, 0.3) is 0 Å². The summed E-state index contributed by atoms with van der Waals surface area (Å²) in [6.45, 7) is 2.00. The summed E-state index contributed by atoms with van der Waals surface area (Å²) in [5.41, 5.74) is 0.431. The molecule has 0 bridgehead atoms. The molecular weight excluding hydrogens is 164 g/mol. The smallest absolute Gasteiger partial charge is 0.232 e. The largest absolute Gasteiger partial charge is 0.464 e. The molecule has 0 aliphatic heterocycles. The maximum Gasteiger partial charge on any atom is 0.232 e. The van der Waals surface area contributed by atoms with Crippen molar-refractivity contribution in [2.75, 3.05) is 6.61 Å². The Morgan fingerprint density at radius 1 is 1.62 bits per heavy atom. The highest BCUT2D eigenvalue weighted by molar-refractivity contribution is 5.37. The molecule has 0 saturated carbocycles. The lowest BCUT2D eigenvalue weighted by Crippen LogP contribution is -1.98. The highest BCUT2D eigenvalue weighted by Gasteiger charge is 2.00. The van der Waals surface area contributed by atoms with Crippen LogP contribution in [0.5, 0.6) is 5.88 Å². The van der Waals surface area contributed by atoms with E-state index in [1.165, 1.54) is 0 Å². The zero-order valence-corrected chi connectivity index (χ0v) is 7.24. The van der Waals surface area contributed by atoms with Gasteiger partial charge in [-0.2, -0.15) is 5.26 Å². The predicted octanol–water partition coefficient (Wildman–Crippen LogP) is 1.36. The number of hydrogen-bond acceptors (Lipinski definition) is 3. The van der Waals surface area contributed by atoms with E-state index in [1.54, 1.807) is 25.3 Å². The van der Waals surface area contributed by atoms with E-state index in [0.717, 1.165) is 0 Å². The quantitative estimate of drug-likeness (QED) is 0.632. The molecule has 0 fully saturated rings. The van der Waals surface area contributed by atoms with E-state index in [-0.39, 0.29) is 6.61 Å². The lowest BCUT2D eigenvalue weighted by molar-refractivity contribution is 0.354. The van der Waals surface area contributed by atoms with Crippen LogP contribution in [0.15, 0.2) is 18.3 Å². The Hall–Kier alpha value is -2.00. The van der Waals surface area contributed by atoms with E-state index in [9.17, 15) is 0 Å². The molecule has 0 unspecified atom stereocenters. The van der Waals surface area contributed by atoms with Gasteiger partial charge < -0.3 is 4.74 Å². The van der Waals surface area contributed by atoms with Gasteiger partial charge >= 0.3 is 0 Å². The summed E-state index contributed by atoms with van der Waals surface area (Å²) in [4.78, 5) is 3.91. The molecule has 0 atom stereocenters. The van der Waals surface area contributed by atoms with Crippen molar-refractivity contribution >= 4 is 0 Å². The zero-order valence-electron chi connectivity index (χ0n) is 7.24. The number of hydrogen-bond donors (Lipinski definition) is 0. The minimum Gasteiger partial charge on any atom is -0.464 e. The number of aromatic nitrogens is 1. The highest BCUT2D eigenvalue weighted by Crippen LogP contribution is 2.11. The number of ether oxygens (including phenoxy) is 1. The molecule has 64 valence electrons. The van der Waals surface area contributed by atoms with E-state index in [1.807, 2.05) is 6.07 Å². The lowest BCUT2D eigenvalue weighted by Gasteiger charge is -2.00. The Kier molecular flexibility index (Phi) is 3.35. The summed E-state index contributed by atoms with van der Waals surface area (Å²) >= 11 is 0. The Bertz CT molecular complexity index is 382. The molecule has 3 nitrogen and oxygen atoms in total. The van der Waals surface area contributed by atoms with Crippen LogP contribution in [0.2, 0.25) is 0 Å². The van der Waals surface area contributed by atoms with Crippen molar-refractivity contribution in [2.45, 2.75) is 6.92 Å². The minimum absolute atomic E-state index is 0.266. The molecule has 1 aromatic heterocycles. The van der Waals surface area contributed by atoms with Crippen molar-refractivity contribution in [1.82, 2.24) is 4.98 Å². The van der Waals surface area contributed by atoms with Gasteiger partial charge in [0.2, 0.25) is 5.88 Å². The van der Waals surface area contributed by atoms with E-state index in [2.05, 4.69) is 16.8 Å². The van der Waals surface area contributed by atoms with Gasteiger partial charge in [-0.05, 0) is 19.1 Å². The fourth-order valence-corrected chi connectivity index (χ4v) is 0.768. The lowest BCUT2D eigenvalue weighted by atomic mass is 10.3. The number of nitriles is 1. The Balaban J connectivity index is 2.75. The Labute approximate surface area is 77.0 Å². The molecule has 0 aliphatic carbocycles. The van der Waals surface area contributed by atoms with E-state index in [4.69, 9.17) is 10.00 Å². The second-order valence-corrected chi connectivity index (χ2v) is 2.18. The molecule has 0 N–H and O–H groups in total. The van der Waals surface area contributed by atoms with Crippen LogP contribution < -0.4 is 4.74 Å². The number of nitrogens with zero attached hydrogens (tertiary/aromatic N) is 2. The number of rotatable bonds is 2. The zero-order chi connectivity index (χ0) is 9.52. The minimum atomic E-state index is 0.266. The van der Waals surface area contributed by atoms with Gasteiger partial charge in [0.25, 0.3) is 0 Å². The SMILES string of the molecule is CC#CCOc1ncccc1C#N. The third-order valence-electron chi connectivity index (χ3n) is 1.35. The van der Waals surface area contributed by atoms with E-state index in [0.29, 0.717) is 11.4 Å². The summed E-state index contributed by atoms with van der Waals surface area (Å²) in [6, 6.07) is 5.33. The summed E-state index contributed by atoms with van der Waals surface area (Å²) in [7, 11) is 0. The van der Waals surface area contributed by atoms with Crippen LogP contribution in [-0.4, -0.2) is 11.6 Å². The van der Waals surface area contributed by atoms with Crippen LogP contribution in [0.3, 0.4) is 0 Å². The highest BCUT2D eigenvalue weighted by atomic mass is 16.5. The average molecular weight is 172 g/mol. The van der Waals surface area contributed by atoms with E-state index >= 15 is 0 Å². The fraction of sp³-hybridized carbons (Fsp3) is 0.200. The van der Waals surface area contributed by atoms with Crippen molar-refractivity contribution in [2.24, 2.45) is 0 Å². The predicted molar refractivity (Wildman–Crippen MR) is 47.9 cm³/mol. The third kappa shape index (κ3) is 2.50. The Morgan fingerprint density at radius 3 is 3.15 bits per heavy atom. The molecule has 1 heterocycles. The second kappa shape index (κ2) is 4.79. The molecule has 0 saturated heterocycles. The maximum absolute atomic E-state index is 8.67. The first-order chi connectivity index (χ1) is 6.38. The molecule has 1 rings (SSSR count). The summed E-state index contributed by atoms with van der Waals surface area (Å²) in [6.07, 6.45) is 1.58. The first-order valence-electron chi connectivity index (χ1n) is 3.76. The molecule has 3 heteroatoms. The van der Waals surface area contributed by atoms with Gasteiger partial charge in [-0.25, -0.2) is 4.98 Å². The van der Waals surface area contributed by atoms with Gasteiger partial charge in [0, 0.05) is 6.20 Å². The van der Waals surface area contributed by atoms with Gasteiger partial charge in [0.1, 0.15) is 11.6 Å². The second-order valence-electron chi connectivity index (χ2n) is 2.18. The maximum atomic E-state index is 8.67. The average Bonchev–Trinajstić information content (AvgIpc) is 2.19. The van der Waals surface area contributed by atoms with Crippen molar-refractivity contribution in [3.8, 4) is 23.8 Å². The van der Waals surface area contributed by atoms with Gasteiger partial charge in [0.05, 0.1) is 0 Å². The monoisotopic (exact) mass is 172 g/mol. The van der Waals surface area contributed by atoms with Gasteiger partial charge in [-0.15, -0.1) is 5.92 Å². The third-order valence-corrected chi connectivity index (χ3v) is 1.35. The molecular formula is C10H8N2O. The van der Waals surface area contributed by atoms with Crippen molar-refractivity contribution in [1.29, 1.82) is 5.26 Å². The summed E-state index contributed by atoms with van der Waals surface area (Å²) in [5.74, 6) is 5.76. The van der Waals surface area contributed by atoms with Crippen molar-refractivity contribution < 1.29 is 4.74 Å². The van der Waals surface area contributed by atoms with Gasteiger partial charge in [-0.3, -0.25) is 0 Å². The van der Waals surface area contributed by atoms with E-state index < -0.39 is 0 Å². The van der Waals surface area contributed by atoms with Crippen LogP contribution >= 0.6 is 0 Å². The van der Waals surface area contributed by atoms with Crippen LogP contribution in [-0.2, 0) is 0 Å². The number of pyridine rings is 1. The van der Waals surface area contributed by atoms with Crippen molar-refractivity contribution in [3.63, 3.8) is 0 Å². The van der Waals surface area contributed by atoms with Crippen molar-refractivity contribution in [3.05, 3.63) is 23.9 Å². The van der Waals surface area contributed by atoms with Crippen LogP contribution in [0.1, 0.15) is 12.5 Å². The fourth-order valence-electron chi connectivity index (χ4n) is 0.768. The van der Waals surface area contributed by atoms with Crippen LogP contribution in [0.4, 0.5) is 0 Å². The molecule has 0 radical (unpaired) electrons. The first kappa shape index (κ1) is 9.09. The van der Waals surface area contributed by atoms with Gasteiger partial charge in [0.15, 0.2) is 6.61 Å². The van der Waals surface area contributed by atoms with Crippen LogP contribution in [0, 0.1) is 23.2 Å². The molecule has 0 spiro atoms. The Morgan fingerprint density at radius 2 is 2.46 bits per heavy atom. The topological polar surface area (TPSA) is 45.9 Å². The first-order valence-corrected chi connectivity index (χ1v) is 3.76. The standard InChI is InChI=1S/C10H8N2O/c1-2-3-7-13-10-9(8-11)5-4-6-12-10/h4-6H,7H2,1H3. The molecule has 13 heavy (non-hydrogen) atoms. The van der Waals surface area contributed by atoms with Gasteiger partial charge in [-0.1, -0.05) is 5.92 Å².